The molecular weight excluding hydrogens is 200 g/mol. The molecule has 0 amide bonds. The number of hydrogen-bond donors (Lipinski definition) is 1. The standard InChI is InChI=1S/C13H22N2O/c1-5-13(2,16-4)12(14-3)10-11-8-6-7-9-15-11/h6-9,12,14H,5,10H2,1-4H3. The fourth-order valence-corrected chi connectivity index (χ4v) is 1.88. The molecule has 0 spiro atoms. The van der Waals surface area contributed by atoms with Crippen molar-refractivity contribution in [1.82, 2.24) is 10.3 Å². The second kappa shape index (κ2) is 5.97. The largest absolute Gasteiger partial charge is 0.377 e. The maximum atomic E-state index is 5.62. The summed E-state index contributed by atoms with van der Waals surface area (Å²) in [6.45, 7) is 4.28. The lowest BCUT2D eigenvalue weighted by Gasteiger charge is -2.35. The predicted octanol–water partition coefficient (Wildman–Crippen LogP) is 2.03. The van der Waals surface area contributed by atoms with Crippen LogP contribution in [0, 0.1) is 0 Å². The summed E-state index contributed by atoms with van der Waals surface area (Å²) in [4.78, 5) is 4.35. The van der Waals surface area contributed by atoms with Crippen LogP contribution in [0.2, 0.25) is 0 Å². The Balaban J connectivity index is 2.76. The first-order valence-electron chi connectivity index (χ1n) is 5.78. The minimum Gasteiger partial charge on any atom is -0.377 e. The number of methoxy groups -OCH3 is 1. The van der Waals surface area contributed by atoms with Gasteiger partial charge in [-0.25, -0.2) is 0 Å². The molecule has 2 atom stereocenters. The molecule has 1 rings (SSSR count). The van der Waals surface area contributed by atoms with Crippen molar-refractivity contribution in [3.8, 4) is 0 Å². The number of nitrogens with one attached hydrogen (secondary N) is 1. The number of nitrogens with zero attached hydrogens (tertiary/aromatic N) is 1. The van der Waals surface area contributed by atoms with Gasteiger partial charge in [-0.05, 0) is 32.5 Å². The van der Waals surface area contributed by atoms with Gasteiger partial charge in [0.1, 0.15) is 0 Å². The zero-order valence-electron chi connectivity index (χ0n) is 10.7. The molecule has 90 valence electrons. The summed E-state index contributed by atoms with van der Waals surface area (Å²) >= 11 is 0. The summed E-state index contributed by atoms with van der Waals surface area (Å²) < 4.78 is 5.62. The molecule has 0 bridgehead atoms. The molecule has 0 aliphatic rings. The third kappa shape index (κ3) is 3.03. The van der Waals surface area contributed by atoms with Crippen LogP contribution >= 0.6 is 0 Å². The zero-order chi connectivity index (χ0) is 12.0. The molecule has 1 aromatic heterocycles. The van der Waals surface area contributed by atoms with Crippen molar-refractivity contribution in [1.29, 1.82) is 0 Å². The van der Waals surface area contributed by atoms with Gasteiger partial charge >= 0.3 is 0 Å². The first-order valence-corrected chi connectivity index (χ1v) is 5.78. The topological polar surface area (TPSA) is 34.1 Å². The van der Waals surface area contributed by atoms with Gasteiger partial charge in [0.15, 0.2) is 0 Å². The van der Waals surface area contributed by atoms with E-state index in [0.29, 0.717) is 0 Å². The molecule has 2 unspecified atom stereocenters. The molecule has 3 heteroatoms. The average molecular weight is 222 g/mol. The lowest BCUT2D eigenvalue weighted by Crippen LogP contribution is -2.49. The number of hydrogen-bond acceptors (Lipinski definition) is 3. The fraction of sp³-hybridized carbons (Fsp3) is 0.615. The molecule has 0 saturated carbocycles. The van der Waals surface area contributed by atoms with Crippen LogP contribution in [0.25, 0.3) is 0 Å². The molecule has 0 saturated heterocycles. The van der Waals surface area contributed by atoms with E-state index in [4.69, 9.17) is 4.74 Å². The van der Waals surface area contributed by atoms with Crippen molar-refractivity contribution in [2.75, 3.05) is 14.2 Å². The van der Waals surface area contributed by atoms with Gasteiger partial charge in [-0.2, -0.15) is 0 Å². The average Bonchev–Trinajstić information content (AvgIpc) is 2.36. The van der Waals surface area contributed by atoms with E-state index in [1.165, 1.54) is 0 Å². The molecule has 3 nitrogen and oxygen atoms in total. The minimum absolute atomic E-state index is 0.147. The van der Waals surface area contributed by atoms with Crippen molar-refractivity contribution >= 4 is 0 Å². The second-order valence-electron chi connectivity index (χ2n) is 4.24. The Morgan fingerprint density at radius 1 is 1.50 bits per heavy atom. The maximum Gasteiger partial charge on any atom is 0.0804 e. The van der Waals surface area contributed by atoms with Crippen LogP contribution in [0.5, 0.6) is 0 Å². The Labute approximate surface area is 98.2 Å². The minimum atomic E-state index is -0.147. The summed E-state index contributed by atoms with van der Waals surface area (Å²) in [5, 5.41) is 3.33. The molecule has 1 N–H and O–H groups in total. The van der Waals surface area contributed by atoms with Gasteiger partial charge in [0.2, 0.25) is 0 Å². The number of likely N-dealkylation sites (N-methyl/N-ethyl adjacent to an activating group) is 1. The predicted molar refractivity (Wildman–Crippen MR) is 66.5 cm³/mol. The van der Waals surface area contributed by atoms with E-state index in [0.717, 1.165) is 18.5 Å². The summed E-state index contributed by atoms with van der Waals surface area (Å²) in [7, 11) is 3.74. The Bertz CT molecular complexity index is 296. The van der Waals surface area contributed by atoms with Crippen LogP contribution in [-0.4, -0.2) is 30.8 Å². The quantitative estimate of drug-likeness (QED) is 0.799. The van der Waals surface area contributed by atoms with Crippen LogP contribution in [0.15, 0.2) is 24.4 Å². The van der Waals surface area contributed by atoms with E-state index in [2.05, 4.69) is 30.2 Å². The summed E-state index contributed by atoms with van der Waals surface area (Å²) in [6.07, 6.45) is 3.69. The highest BCUT2D eigenvalue weighted by Crippen LogP contribution is 2.21. The monoisotopic (exact) mass is 222 g/mol. The molecule has 16 heavy (non-hydrogen) atoms. The Kier molecular flexibility index (Phi) is 4.90. The van der Waals surface area contributed by atoms with Crippen LogP contribution in [-0.2, 0) is 11.2 Å². The maximum absolute atomic E-state index is 5.62. The summed E-state index contributed by atoms with van der Waals surface area (Å²) in [6, 6.07) is 6.28. The highest BCUT2D eigenvalue weighted by molar-refractivity contribution is 5.07. The first-order chi connectivity index (χ1) is 7.66. The van der Waals surface area contributed by atoms with E-state index in [-0.39, 0.29) is 11.6 Å². The van der Waals surface area contributed by atoms with Crippen LogP contribution in [0.4, 0.5) is 0 Å². The van der Waals surface area contributed by atoms with Crippen LogP contribution in [0.3, 0.4) is 0 Å². The van der Waals surface area contributed by atoms with Crippen molar-refractivity contribution in [3.63, 3.8) is 0 Å². The first kappa shape index (κ1) is 13.1. The summed E-state index contributed by atoms with van der Waals surface area (Å²) in [5.41, 5.74) is 0.949. The van der Waals surface area contributed by atoms with Crippen molar-refractivity contribution < 1.29 is 4.74 Å². The van der Waals surface area contributed by atoms with E-state index in [1.54, 1.807) is 7.11 Å². The smallest absolute Gasteiger partial charge is 0.0804 e. The molecule has 1 aromatic rings. The lowest BCUT2D eigenvalue weighted by molar-refractivity contribution is -0.0270. The van der Waals surface area contributed by atoms with E-state index in [1.807, 2.05) is 25.4 Å². The molecule has 0 fully saturated rings. The van der Waals surface area contributed by atoms with Gasteiger partial charge in [-0.1, -0.05) is 13.0 Å². The van der Waals surface area contributed by atoms with Crippen molar-refractivity contribution in [2.24, 2.45) is 0 Å². The van der Waals surface area contributed by atoms with Gasteiger partial charge in [0.25, 0.3) is 0 Å². The zero-order valence-corrected chi connectivity index (χ0v) is 10.7. The van der Waals surface area contributed by atoms with Crippen molar-refractivity contribution in [3.05, 3.63) is 30.1 Å². The van der Waals surface area contributed by atoms with Crippen LogP contribution < -0.4 is 5.32 Å². The molecular formula is C13H22N2O. The Morgan fingerprint density at radius 2 is 2.25 bits per heavy atom. The summed E-state index contributed by atoms with van der Waals surface area (Å²) in [5.74, 6) is 0. The van der Waals surface area contributed by atoms with Gasteiger partial charge in [-0.3, -0.25) is 4.98 Å². The van der Waals surface area contributed by atoms with Gasteiger partial charge < -0.3 is 10.1 Å². The number of aromatic nitrogens is 1. The van der Waals surface area contributed by atoms with E-state index < -0.39 is 0 Å². The van der Waals surface area contributed by atoms with Crippen molar-refractivity contribution in [2.45, 2.75) is 38.3 Å². The van der Waals surface area contributed by atoms with Crippen LogP contribution in [0.1, 0.15) is 26.0 Å². The number of ether oxygens (including phenoxy) is 1. The van der Waals surface area contributed by atoms with E-state index in [9.17, 15) is 0 Å². The molecule has 0 aliphatic heterocycles. The molecule has 0 aliphatic carbocycles. The lowest BCUT2D eigenvalue weighted by atomic mass is 9.89. The SMILES string of the molecule is CCC(C)(OC)C(Cc1ccccn1)NC. The number of pyridine rings is 1. The molecule has 0 radical (unpaired) electrons. The Morgan fingerprint density at radius 3 is 2.69 bits per heavy atom. The fourth-order valence-electron chi connectivity index (χ4n) is 1.88. The highest BCUT2D eigenvalue weighted by atomic mass is 16.5. The Hall–Kier alpha value is -0.930. The highest BCUT2D eigenvalue weighted by Gasteiger charge is 2.31. The number of rotatable bonds is 6. The van der Waals surface area contributed by atoms with Gasteiger partial charge in [-0.15, -0.1) is 0 Å². The van der Waals surface area contributed by atoms with E-state index >= 15 is 0 Å². The second-order valence-corrected chi connectivity index (χ2v) is 4.24. The normalized spacial score (nSPS) is 16.8. The third-order valence-corrected chi connectivity index (χ3v) is 3.39. The van der Waals surface area contributed by atoms with Gasteiger partial charge in [0.05, 0.1) is 5.60 Å². The molecule has 1 heterocycles. The van der Waals surface area contributed by atoms with Gasteiger partial charge in [0, 0.05) is 31.5 Å². The molecule has 0 aromatic carbocycles. The third-order valence-electron chi connectivity index (χ3n) is 3.39.